The van der Waals surface area contributed by atoms with Crippen molar-refractivity contribution < 1.29 is 23.8 Å². The van der Waals surface area contributed by atoms with Crippen molar-refractivity contribution >= 4 is 29.0 Å². The molecule has 1 amide bonds. The van der Waals surface area contributed by atoms with Crippen molar-refractivity contribution in [3.05, 3.63) is 60.0 Å². The number of nitrogens with one attached hydrogen (secondary N) is 1. The average Bonchev–Trinajstić information content (AvgIpc) is 3.35. The first kappa shape index (κ1) is 26.5. The van der Waals surface area contributed by atoms with Crippen LogP contribution in [-0.4, -0.2) is 84.7 Å². The van der Waals surface area contributed by atoms with Crippen LogP contribution in [-0.2, 0) is 4.79 Å². The van der Waals surface area contributed by atoms with E-state index in [-0.39, 0.29) is 18.2 Å². The van der Waals surface area contributed by atoms with Crippen LogP contribution < -0.4 is 9.64 Å². The summed E-state index contributed by atoms with van der Waals surface area (Å²) in [6, 6.07) is 12.8. The molecule has 2 aromatic carbocycles. The molecule has 198 valence electrons. The van der Waals surface area contributed by atoms with Crippen molar-refractivity contribution in [3.63, 3.8) is 0 Å². The topological polar surface area (TPSA) is 89.1 Å². The van der Waals surface area contributed by atoms with E-state index in [4.69, 9.17) is 14.6 Å². The average molecular weight is 511 g/mol. The third kappa shape index (κ3) is 7.01. The smallest absolute Gasteiger partial charge is 0.290 e. The van der Waals surface area contributed by atoms with E-state index >= 15 is 0 Å². The third-order valence-corrected chi connectivity index (χ3v) is 6.98. The number of piperidine rings is 1. The summed E-state index contributed by atoms with van der Waals surface area (Å²) in [6.45, 7) is 6.87. The lowest BCUT2D eigenvalue weighted by molar-refractivity contribution is -0.122. The molecule has 0 spiro atoms. The zero-order valence-corrected chi connectivity index (χ0v) is 21.1. The lowest BCUT2D eigenvalue weighted by Gasteiger charge is -2.36. The van der Waals surface area contributed by atoms with E-state index in [0.717, 1.165) is 49.6 Å². The molecule has 2 aliphatic heterocycles. The molecule has 0 unspecified atom stereocenters. The van der Waals surface area contributed by atoms with E-state index in [0.29, 0.717) is 24.0 Å². The minimum Gasteiger partial charge on any atom is -0.494 e. The molecular formula is C28H35FN4O4. The second-order valence-corrected chi connectivity index (χ2v) is 9.38. The molecule has 3 aromatic rings. The van der Waals surface area contributed by atoms with Gasteiger partial charge in [-0.05, 0) is 74.8 Å². The van der Waals surface area contributed by atoms with E-state index < -0.39 is 0 Å². The Morgan fingerprint density at radius 3 is 2.41 bits per heavy atom. The quantitative estimate of drug-likeness (QED) is 0.365. The number of hydrogen-bond acceptors (Lipinski definition) is 5. The lowest BCUT2D eigenvalue weighted by Crippen LogP contribution is -2.48. The van der Waals surface area contributed by atoms with Crippen LogP contribution in [0, 0.1) is 5.82 Å². The van der Waals surface area contributed by atoms with Crippen molar-refractivity contribution in [1.82, 2.24) is 14.8 Å². The van der Waals surface area contributed by atoms with Gasteiger partial charge in [-0.15, -0.1) is 0 Å². The summed E-state index contributed by atoms with van der Waals surface area (Å²) in [4.78, 5) is 31.2. The number of halogens is 1. The number of amides is 1. The fraction of sp³-hybridized carbons (Fsp3) is 0.429. The molecule has 3 heterocycles. The van der Waals surface area contributed by atoms with Gasteiger partial charge in [-0.25, -0.2) is 4.39 Å². The molecule has 0 saturated carbocycles. The highest BCUT2D eigenvalue weighted by Crippen LogP contribution is 2.24. The van der Waals surface area contributed by atoms with Gasteiger partial charge in [-0.1, -0.05) is 6.42 Å². The number of hydrogen-bond donors (Lipinski definition) is 2. The standard InChI is InChI=1S/C27H33FN4O2.CH2O2/c28-21-5-10-26-24(19-21)25(20-29-26)27(33)32-16-14-31(15-17-32)22-6-8-23(9-7-22)34-18-4-13-30-11-2-1-3-12-30;2-1-3/h5-10,19-20,29H,1-4,11-18H2;1H,(H,2,3). The Kier molecular flexibility index (Phi) is 9.37. The van der Waals surface area contributed by atoms with Crippen LogP contribution >= 0.6 is 0 Å². The second-order valence-electron chi connectivity index (χ2n) is 9.38. The van der Waals surface area contributed by atoms with E-state index in [2.05, 4.69) is 26.9 Å². The summed E-state index contributed by atoms with van der Waals surface area (Å²) in [5, 5.41) is 7.53. The maximum absolute atomic E-state index is 13.7. The Morgan fingerprint density at radius 1 is 1.00 bits per heavy atom. The summed E-state index contributed by atoms with van der Waals surface area (Å²) >= 11 is 0. The summed E-state index contributed by atoms with van der Waals surface area (Å²) in [5.41, 5.74) is 2.45. The predicted octanol–water partition coefficient (Wildman–Crippen LogP) is 4.23. The molecule has 0 aliphatic carbocycles. The molecule has 2 aliphatic rings. The molecule has 2 fully saturated rings. The molecule has 9 heteroatoms. The Labute approximate surface area is 216 Å². The van der Waals surface area contributed by atoms with Crippen LogP contribution in [0.15, 0.2) is 48.7 Å². The van der Waals surface area contributed by atoms with Gasteiger partial charge in [-0.2, -0.15) is 0 Å². The summed E-state index contributed by atoms with van der Waals surface area (Å²) in [7, 11) is 0. The Hall–Kier alpha value is -3.59. The largest absolute Gasteiger partial charge is 0.494 e. The van der Waals surface area contributed by atoms with E-state index in [9.17, 15) is 9.18 Å². The Morgan fingerprint density at radius 2 is 1.70 bits per heavy atom. The number of carboxylic acid groups (broad SMARTS) is 1. The van der Waals surface area contributed by atoms with Crippen LogP contribution in [0.25, 0.3) is 10.9 Å². The van der Waals surface area contributed by atoms with Crippen LogP contribution in [0.4, 0.5) is 10.1 Å². The fourth-order valence-electron chi connectivity index (χ4n) is 5.02. The molecule has 2 N–H and O–H groups in total. The number of aromatic nitrogens is 1. The minimum atomic E-state index is -0.333. The number of anilines is 1. The van der Waals surface area contributed by atoms with Crippen LogP contribution in [0.3, 0.4) is 0 Å². The maximum Gasteiger partial charge on any atom is 0.290 e. The SMILES string of the molecule is O=C(c1c[nH]c2ccc(F)cc12)N1CCN(c2ccc(OCCCN3CCCCC3)cc2)CC1.O=CO. The van der Waals surface area contributed by atoms with Gasteiger partial charge in [0, 0.05) is 55.5 Å². The number of nitrogens with zero attached hydrogens (tertiary/aromatic N) is 3. The number of carbonyl (C=O) groups is 2. The highest BCUT2D eigenvalue weighted by molar-refractivity contribution is 6.06. The van der Waals surface area contributed by atoms with Gasteiger partial charge >= 0.3 is 0 Å². The van der Waals surface area contributed by atoms with E-state index in [1.54, 1.807) is 12.3 Å². The van der Waals surface area contributed by atoms with Gasteiger partial charge in [0.05, 0.1) is 12.2 Å². The molecular weight excluding hydrogens is 475 g/mol. The molecule has 2 saturated heterocycles. The van der Waals surface area contributed by atoms with E-state index in [1.807, 2.05) is 17.0 Å². The molecule has 5 rings (SSSR count). The van der Waals surface area contributed by atoms with Gasteiger partial charge in [0.25, 0.3) is 12.4 Å². The fourth-order valence-corrected chi connectivity index (χ4v) is 5.02. The monoisotopic (exact) mass is 510 g/mol. The van der Waals surface area contributed by atoms with Gasteiger partial charge in [0.1, 0.15) is 11.6 Å². The first-order chi connectivity index (χ1) is 18.1. The van der Waals surface area contributed by atoms with E-state index in [1.165, 1.54) is 44.5 Å². The zero-order chi connectivity index (χ0) is 26.0. The van der Waals surface area contributed by atoms with Crippen molar-refractivity contribution in [2.75, 3.05) is 57.3 Å². The van der Waals surface area contributed by atoms with Crippen LogP contribution in [0.2, 0.25) is 0 Å². The molecule has 0 bridgehead atoms. The summed E-state index contributed by atoms with van der Waals surface area (Å²) < 4.78 is 19.6. The molecule has 0 atom stereocenters. The molecule has 1 aromatic heterocycles. The molecule has 37 heavy (non-hydrogen) atoms. The number of carbonyl (C=O) groups excluding carboxylic acids is 1. The van der Waals surface area contributed by atoms with Gasteiger partial charge < -0.3 is 29.5 Å². The number of aromatic amines is 1. The van der Waals surface area contributed by atoms with Gasteiger partial charge in [-0.3, -0.25) is 9.59 Å². The second kappa shape index (κ2) is 13.1. The number of ether oxygens (including phenoxy) is 1. The molecule has 8 nitrogen and oxygen atoms in total. The van der Waals surface area contributed by atoms with Crippen molar-refractivity contribution in [2.45, 2.75) is 25.7 Å². The maximum atomic E-state index is 13.7. The minimum absolute atomic E-state index is 0.0511. The van der Waals surface area contributed by atoms with Crippen LogP contribution in [0.5, 0.6) is 5.75 Å². The number of rotatable bonds is 7. The number of H-pyrrole nitrogens is 1. The van der Waals surface area contributed by atoms with Gasteiger partial charge in [0.2, 0.25) is 0 Å². The Balaban J connectivity index is 0.00000102. The lowest BCUT2D eigenvalue weighted by atomic mass is 10.1. The number of benzene rings is 2. The number of piperazine rings is 1. The van der Waals surface area contributed by atoms with Gasteiger partial charge in [0.15, 0.2) is 0 Å². The Bertz CT molecular complexity index is 1150. The summed E-state index contributed by atoms with van der Waals surface area (Å²) in [6.07, 6.45) is 6.77. The number of likely N-dealkylation sites (tertiary alicyclic amines) is 1. The number of fused-ring (bicyclic) bond motifs is 1. The third-order valence-electron chi connectivity index (χ3n) is 6.98. The highest BCUT2D eigenvalue weighted by Gasteiger charge is 2.24. The first-order valence-electron chi connectivity index (χ1n) is 12.9. The molecule has 0 radical (unpaired) electrons. The first-order valence-corrected chi connectivity index (χ1v) is 12.9. The normalized spacial score (nSPS) is 16.2. The van der Waals surface area contributed by atoms with Crippen molar-refractivity contribution in [1.29, 1.82) is 0 Å². The summed E-state index contributed by atoms with van der Waals surface area (Å²) in [5.74, 6) is 0.521. The van der Waals surface area contributed by atoms with Crippen LogP contribution in [0.1, 0.15) is 36.0 Å². The predicted molar refractivity (Wildman–Crippen MR) is 142 cm³/mol. The zero-order valence-electron chi connectivity index (χ0n) is 21.1. The highest BCUT2D eigenvalue weighted by atomic mass is 19.1. The van der Waals surface area contributed by atoms with Crippen molar-refractivity contribution in [3.8, 4) is 5.75 Å². The van der Waals surface area contributed by atoms with Crippen molar-refractivity contribution in [2.24, 2.45) is 0 Å².